The van der Waals surface area contributed by atoms with E-state index in [0.29, 0.717) is 24.4 Å². The van der Waals surface area contributed by atoms with E-state index in [9.17, 15) is 9.59 Å². The predicted octanol–water partition coefficient (Wildman–Crippen LogP) is 2.10. The van der Waals surface area contributed by atoms with Gasteiger partial charge in [-0.2, -0.15) is 0 Å². The highest BCUT2D eigenvalue weighted by Crippen LogP contribution is 2.18. The van der Waals surface area contributed by atoms with E-state index in [2.05, 4.69) is 15.6 Å². The Morgan fingerprint density at radius 3 is 2.48 bits per heavy atom. The smallest absolute Gasteiger partial charge is 0.263 e. The Morgan fingerprint density at radius 2 is 1.83 bits per heavy atom. The zero-order chi connectivity index (χ0) is 16.7. The molecule has 0 unspecified atom stereocenters. The molecule has 0 fully saturated rings. The number of nitrogens with zero attached hydrogens (tertiary/aromatic N) is 1. The maximum absolute atomic E-state index is 12.1. The molecule has 0 spiro atoms. The monoisotopic (exact) mass is 331 g/mol. The molecule has 2 N–H and O–H groups in total. The summed E-state index contributed by atoms with van der Waals surface area (Å²) < 4.78 is 0. The van der Waals surface area contributed by atoms with Crippen LogP contribution in [0.25, 0.3) is 0 Å². The Labute approximate surface area is 140 Å². The second kappa shape index (κ2) is 8.43. The number of carbonyl (C=O) groups is 2. The number of aromatic nitrogens is 1. The van der Waals surface area contributed by atoms with Crippen LogP contribution in [0.15, 0.2) is 30.3 Å². The standard InChI is InChI=1S/C17H21N3O2S/c1-3-15-20-12(2)16(23-15)17(22)19-10-9-18-14(21)11-13-7-5-4-6-8-13/h4-8H,3,9-11H2,1-2H3,(H,18,21)(H,19,22). The lowest BCUT2D eigenvalue weighted by atomic mass is 10.1. The maximum atomic E-state index is 12.1. The fourth-order valence-corrected chi connectivity index (χ4v) is 3.04. The third-order valence-electron chi connectivity index (χ3n) is 3.29. The van der Waals surface area contributed by atoms with Crippen LogP contribution in [-0.4, -0.2) is 29.9 Å². The molecule has 1 aromatic carbocycles. The van der Waals surface area contributed by atoms with Crippen molar-refractivity contribution in [1.29, 1.82) is 0 Å². The van der Waals surface area contributed by atoms with E-state index in [4.69, 9.17) is 0 Å². The Balaban J connectivity index is 1.71. The van der Waals surface area contributed by atoms with Crippen molar-refractivity contribution in [2.45, 2.75) is 26.7 Å². The van der Waals surface area contributed by atoms with Crippen LogP contribution in [0.1, 0.15) is 32.9 Å². The summed E-state index contributed by atoms with van der Waals surface area (Å²) in [5.74, 6) is -0.176. The number of thiazole rings is 1. The van der Waals surface area contributed by atoms with Crippen LogP contribution in [0.4, 0.5) is 0 Å². The minimum atomic E-state index is -0.128. The van der Waals surface area contributed by atoms with Crippen LogP contribution in [0.5, 0.6) is 0 Å². The minimum absolute atomic E-state index is 0.0484. The van der Waals surface area contributed by atoms with Gasteiger partial charge in [-0.25, -0.2) is 4.98 Å². The zero-order valence-electron chi connectivity index (χ0n) is 13.4. The SMILES string of the molecule is CCc1nc(C)c(C(=O)NCCNC(=O)Cc2ccccc2)s1. The lowest BCUT2D eigenvalue weighted by molar-refractivity contribution is -0.120. The molecule has 122 valence electrons. The van der Waals surface area contributed by atoms with E-state index >= 15 is 0 Å². The zero-order valence-corrected chi connectivity index (χ0v) is 14.2. The van der Waals surface area contributed by atoms with Crippen molar-refractivity contribution in [3.63, 3.8) is 0 Å². The van der Waals surface area contributed by atoms with Gasteiger partial charge in [0.25, 0.3) is 5.91 Å². The van der Waals surface area contributed by atoms with E-state index in [0.717, 1.165) is 22.7 Å². The van der Waals surface area contributed by atoms with Crippen molar-refractivity contribution in [3.8, 4) is 0 Å². The second-order valence-corrected chi connectivity index (χ2v) is 6.23. The summed E-state index contributed by atoms with van der Waals surface area (Å²) in [7, 11) is 0. The molecule has 1 heterocycles. The quantitative estimate of drug-likeness (QED) is 0.763. The van der Waals surface area contributed by atoms with Crippen molar-refractivity contribution in [2.24, 2.45) is 0 Å². The van der Waals surface area contributed by atoms with Crippen LogP contribution >= 0.6 is 11.3 Å². The first kappa shape index (κ1) is 17.1. The van der Waals surface area contributed by atoms with E-state index in [1.54, 1.807) is 0 Å². The van der Waals surface area contributed by atoms with E-state index in [1.807, 2.05) is 44.2 Å². The highest BCUT2D eigenvalue weighted by molar-refractivity contribution is 7.13. The molecule has 0 aliphatic rings. The van der Waals surface area contributed by atoms with Gasteiger partial charge in [0.05, 0.1) is 17.1 Å². The predicted molar refractivity (Wildman–Crippen MR) is 91.7 cm³/mol. The van der Waals surface area contributed by atoms with Crippen molar-refractivity contribution in [1.82, 2.24) is 15.6 Å². The molecular formula is C17H21N3O2S. The van der Waals surface area contributed by atoms with Crippen molar-refractivity contribution >= 4 is 23.2 Å². The topological polar surface area (TPSA) is 71.1 Å². The molecule has 0 atom stereocenters. The molecule has 2 aromatic rings. The van der Waals surface area contributed by atoms with Crippen molar-refractivity contribution in [2.75, 3.05) is 13.1 Å². The second-order valence-electron chi connectivity index (χ2n) is 5.14. The van der Waals surface area contributed by atoms with E-state index in [-0.39, 0.29) is 11.8 Å². The number of rotatable bonds is 7. The number of carbonyl (C=O) groups excluding carboxylic acids is 2. The number of aryl methyl sites for hydroxylation is 2. The van der Waals surface area contributed by atoms with Gasteiger partial charge in [0.2, 0.25) is 5.91 Å². The first-order valence-electron chi connectivity index (χ1n) is 7.65. The molecule has 5 nitrogen and oxygen atoms in total. The third-order valence-corrected chi connectivity index (χ3v) is 4.59. The molecule has 6 heteroatoms. The molecule has 0 bridgehead atoms. The summed E-state index contributed by atoms with van der Waals surface area (Å²) in [6.07, 6.45) is 1.18. The van der Waals surface area contributed by atoms with E-state index in [1.165, 1.54) is 11.3 Å². The normalized spacial score (nSPS) is 10.3. The fraction of sp³-hybridized carbons (Fsp3) is 0.353. The maximum Gasteiger partial charge on any atom is 0.263 e. The van der Waals surface area contributed by atoms with Crippen molar-refractivity contribution in [3.05, 3.63) is 51.5 Å². The number of hydrogen-bond acceptors (Lipinski definition) is 4. The molecule has 2 rings (SSSR count). The Morgan fingerprint density at radius 1 is 1.13 bits per heavy atom. The molecule has 1 aromatic heterocycles. The van der Waals surface area contributed by atoms with Crippen molar-refractivity contribution < 1.29 is 9.59 Å². The molecule has 23 heavy (non-hydrogen) atoms. The Bertz CT molecular complexity index is 668. The summed E-state index contributed by atoms with van der Waals surface area (Å²) in [4.78, 5) is 28.9. The fourth-order valence-electron chi connectivity index (χ4n) is 2.12. The molecule has 0 aliphatic heterocycles. The molecule has 2 amide bonds. The average Bonchev–Trinajstić information content (AvgIpc) is 2.93. The van der Waals surface area contributed by atoms with Gasteiger partial charge in [0, 0.05) is 13.1 Å². The summed E-state index contributed by atoms with van der Waals surface area (Å²) in [6, 6.07) is 9.57. The Hall–Kier alpha value is -2.21. The van der Waals surface area contributed by atoms with Crippen LogP contribution in [0, 0.1) is 6.92 Å². The minimum Gasteiger partial charge on any atom is -0.354 e. The van der Waals surface area contributed by atoms with Gasteiger partial charge in [-0.05, 0) is 18.9 Å². The lowest BCUT2D eigenvalue weighted by Gasteiger charge is -2.06. The average molecular weight is 331 g/mol. The van der Waals surface area contributed by atoms with E-state index < -0.39 is 0 Å². The summed E-state index contributed by atoms with van der Waals surface area (Å²) in [5.41, 5.74) is 1.74. The number of amides is 2. The molecule has 0 radical (unpaired) electrons. The molecular weight excluding hydrogens is 310 g/mol. The number of nitrogens with one attached hydrogen (secondary N) is 2. The highest BCUT2D eigenvalue weighted by atomic mass is 32.1. The van der Waals surface area contributed by atoms with Gasteiger partial charge in [-0.1, -0.05) is 37.3 Å². The highest BCUT2D eigenvalue weighted by Gasteiger charge is 2.14. The van der Waals surface area contributed by atoms with Crippen LogP contribution in [-0.2, 0) is 17.6 Å². The largest absolute Gasteiger partial charge is 0.354 e. The molecule has 0 aliphatic carbocycles. The van der Waals surface area contributed by atoms with Crippen LogP contribution in [0.2, 0.25) is 0 Å². The third kappa shape index (κ3) is 5.17. The first-order valence-corrected chi connectivity index (χ1v) is 8.47. The Kier molecular flexibility index (Phi) is 6.29. The van der Waals surface area contributed by atoms with Crippen LogP contribution < -0.4 is 10.6 Å². The van der Waals surface area contributed by atoms with Gasteiger partial charge < -0.3 is 10.6 Å². The first-order chi connectivity index (χ1) is 11.1. The molecule has 0 saturated heterocycles. The number of benzene rings is 1. The lowest BCUT2D eigenvalue weighted by Crippen LogP contribution is -2.35. The molecule has 0 saturated carbocycles. The summed E-state index contributed by atoms with van der Waals surface area (Å²) in [5, 5.41) is 6.58. The summed E-state index contributed by atoms with van der Waals surface area (Å²) >= 11 is 1.42. The van der Waals surface area contributed by atoms with Gasteiger partial charge in [0.1, 0.15) is 4.88 Å². The van der Waals surface area contributed by atoms with Crippen LogP contribution in [0.3, 0.4) is 0 Å². The van der Waals surface area contributed by atoms with Gasteiger partial charge in [-0.3, -0.25) is 9.59 Å². The van der Waals surface area contributed by atoms with Gasteiger partial charge in [-0.15, -0.1) is 11.3 Å². The van der Waals surface area contributed by atoms with Gasteiger partial charge in [0.15, 0.2) is 0 Å². The number of hydrogen-bond donors (Lipinski definition) is 2. The van der Waals surface area contributed by atoms with Gasteiger partial charge >= 0.3 is 0 Å². The summed E-state index contributed by atoms with van der Waals surface area (Å²) in [6.45, 7) is 4.67.